The minimum atomic E-state index is -0.550. The van der Waals surface area contributed by atoms with Gasteiger partial charge >= 0.3 is 5.76 Å². The Bertz CT molecular complexity index is 965. The first kappa shape index (κ1) is 16.6. The third-order valence-corrected chi connectivity index (χ3v) is 4.46. The van der Waals surface area contributed by atoms with E-state index in [0.717, 1.165) is 19.4 Å². The van der Waals surface area contributed by atoms with Crippen LogP contribution in [0.15, 0.2) is 45.9 Å². The predicted octanol–water partition coefficient (Wildman–Crippen LogP) is 2.00. The van der Waals surface area contributed by atoms with Crippen molar-refractivity contribution in [3.05, 3.63) is 47.2 Å². The average molecular weight is 356 g/mol. The molecule has 0 spiro atoms. The molecule has 136 valence electrons. The summed E-state index contributed by atoms with van der Waals surface area (Å²) in [6.07, 6.45) is 6.84. The van der Waals surface area contributed by atoms with Crippen LogP contribution in [0.4, 0.5) is 5.69 Å². The smallest absolute Gasteiger partial charge is 0.408 e. The molecular weight excluding hydrogens is 336 g/mol. The molecule has 0 radical (unpaired) electrons. The first-order valence-corrected chi connectivity index (χ1v) is 8.71. The molecule has 8 nitrogen and oxygen atoms in total. The van der Waals surface area contributed by atoms with Crippen LogP contribution < -0.4 is 11.1 Å². The normalized spacial score (nSPS) is 17.5. The lowest BCUT2D eigenvalue weighted by Crippen LogP contribution is -2.25. The second-order valence-corrected chi connectivity index (χ2v) is 6.41. The van der Waals surface area contributed by atoms with Crippen LogP contribution in [0.2, 0.25) is 0 Å². The first-order chi connectivity index (χ1) is 12.7. The van der Waals surface area contributed by atoms with Gasteiger partial charge in [-0.15, -0.1) is 0 Å². The highest BCUT2D eigenvalue weighted by Gasteiger charge is 2.16. The van der Waals surface area contributed by atoms with Crippen LogP contribution in [0.3, 0.4) is 0 Å². The van der Waals surface area contributed by atoms with Crippen LogP contribution in [-0.4, -0.2) is 33.0 Å². The molecule has 26 heavy (non-hydrogen) atoms. The van der Waals surface area contributed by atoms with Crippen molar-refractivity contribution in [1.82, 2.24) is 14.3 Å². The molecule has 3 aromatic rings. The van der Waals surface area contributed by atoms with Gasteiger partial charge in [-0.3, -0.25) is 14.0 Å². The number of rotatable bonds is 5. The number of hydrogen-bond acceptors (Lipinski definition) is 5. The second-order valence-electron chi connectivity index (χ2n) is 6.41. The monoisotopic (exact) mass is 356 g/mol. The standard InChI is InChI=1S/C18H20N4O4/c23-17(12-22-15-6-1-2-7-16(15)26-18(22)24)20-13-9-19-21(10-13)11-14-5-3-4-8-25-14/h1-2,6-7,9-10,14H,3-5,8,11-12H2,(H,20,23). The average Bonchev–Trinajstić information content (AvgIpc) is 3.20. The molecule has 3 heterocycles. The highest BCUT2D eigenvalue weighted by atomic mass is 16.5. The van der Waals surface area contributed by atoms with E-state index in [1.54, 1.807) is 41.3 Å². The Labute approximate surface area is 149 Å². The number of nitrogens with one attached hydrogen (secondary N) is 1. The SMILES string of the molecule is O=C(Cn1c(=O)oc2ccccc21)Nc1cnn(CC2CCCCO2)c1. The zero-order valence-electron chi connectivity index (χ0n) is 14.3. The van der Waals surface area contributed by atoms with E-state index in [1.165, 1.54) is 11.0 Å². The third kappa shape index (κ3) is 3.55. The molecule has 1 aliphatic heterocycles. The van der Waals surface area contributed by atoms with Crippen LogP contribution in [0.25, 0.3) is 11.1 Å². The summed E-state index contributed by atoms with van der Waals surface area (Å²) in [6.45, 7) is 1.34. The van der Waals surface area contributed by atoms with Gasteiger partial charge in [-0.1, -0.05) is 12.1 Å². The minimum absolute atomic E-state index is 0.118. The summed E-state index contributed by atoms with van der Waals surface area (Å²) < 4.78 is 13.9. The van der Waals surface area contributed by atoms with E-state index in [-0.39, 0.29) is 18.6 Å². The number of carbonyl (C=O) groups excluding carboxylic acids is 1. The topological polar surface area (TPSA) is 91.3 Å². The van der Waals surface area contributed by atoms with Gasteiger partial charge in [0.15, 0.2) is 5.58 Å². The number of fused-ring (bicyclic) bond motifs is 1. The molecule has 1 saturated heterocycles. The number of ether oxygens (including phenoxy) is 1. The van der Waals surface area contributed by atoms with Crippen molar-refractivity contribution in [3.63, 3.8) is 0 Å². The van der Waals surface area contributed by atoms with Crippen molar-refractivity contribution in [3.8, 4) is 0 Å². The third-order valence-electron chi connectivity index (χ3n) is 4.46. The van der Waals surface area contributed by atoms with Gasteiger partial charge in [0.25, 0.3) is 0 Å². The van der Waals surface area contributed by atoms with Gasteiger partial charge in [0, 0.05) is 12.8 Å². The van der Waals surface area contributed by atoms with Crippen molar-refractivity contribution in [1.29, 1.82) is 0 Å². The Hall–Kier alpha value is -2.87. The maximum Gasteiger partial charge on any atom is 0.420 e. The van der Waals surface area contributed by atoms with E-state index in [0.29, 0.717) is 23.3 Å². The summed E-state index contributed by atoms with van der Waals surface area (Å²) in [5.74, 6) is -0.862. The van der Waals surface area contributed by atoms with E-state index >= 15 is 0 Å². The lowest BCUT2D eigenvalue weighted by atomic mass is 10.1. The summed E-state index contributed by atoms with van der Waals surface area (Å²) >= 11 is 0. The van der Waals surface area contributed by atoms with E-state index in [4.69, 9.17) is 9.15 Å². The van der Waals surface area contributed by atoms with Crippen molar-refractivity contribution < 1.29 is 13.9 Å². The molecule has 1 aliphatic rings. The van der Waals surface area contributed by atoms with Crippen LogP contribution in [0, 0.1) is 0 Å². The summed E-state index contributed by atoms with van der Waals surface area (Å²) in [6, 6.07) is 7.02. The largest absolute Gasteiger partial charge is 0.420 e. The lowest BCUT2D eigenvalue weighted by Gasteiger charge is -2.22. The molecule has 1 fully saturated rings. The van der Waals surface area contributed by atoms with Gasteiger partial charge in [0.1, 0.15) is 6.54 Å². The fourth-order valence-electron chi connectivity index (χ4n) is 3.20. The molecular formula is C18H20N4O4. The van der Waals surface area contributed by atoms with Crippen molar-refractivity contribution >= 4 is 22.7 Å². The zero-order chi connectivity index (χ0) is 17.9. The Balaban J connectivity index is 1.40. The maximum atomic E-state index is 12.3. The van der Waals surface area contributed by atoms with Gasteiger partial charge in [0.2, 0.25) is 5.91 Å². The summed E-state index contributed by atoms with van der Waals surface area (Å²) in [5.41, 5.74) is 1.65. The number of aromatic nitrogens is 3. The van der Waals surface area contributed by atoms with Gasteiger partial charge < -0.3 is 14.5 Å². The number of oxazole rings is 1. The number of nitrogens with zero attached hydrogens (tertiary/aromatic N) is 3. The zero-order valence-corrected chi connectivity index (χ0v) is 14.3. The van der Waals surface area contributed by atoms with Gasteiger partial charge in [0.05, 0.1) is 30.0 Å². The Kier molecular flexibility index (Phi) is 4.57. The molecule has 1 N–H and O–H groups in total. The number of hydrogen-bond donors (Lipinski definition) is 1. The molecule has 0 bridgehead atoms. The van der Waals surface area contributed by atoms with Gasteiger partial charge in [-0.25, -0.2) is 4.79 Å². The van der Waals surface area contributed by atoms with Crippen molar-refractivity contribution in [2.75, 3.05) is 11.9 Å². The number of para-hydroxylation sites is 2. The Morgan fingerprint density at radius 1 is 1.31 bits per heavy atom. The van der Waals surface area contributed by atoms with E-state index in [1.807, 2.05) is 0 Å². The summed E-state index contributed by atoms with van der Waals surface area (Å²) in [5, 5.41) is 7.03. The van der Waals surface area contributed by atoms with Gasteiger partial charge in [-0.2, -0.15) is 5.10 Å². The lowest BCUT2D eigenvalue weighted by molar-refractivity contribution is -0.116. The van der Waals surface area contributed by atoms with Crippen LogP contribution in [-0.2, 0) is 22.6 Å². The summed E-state index contributed by atoms with van der Waals surface area (Å²) in [4.78, 5) is 24.2. The molecule has 1 aromatic carbocycles. The fraction of sp³-hybridized carbons (Fsp3) is 0.389. The van der Waals surface area contributed by atoms with E-state index < -0.39 is 5.76 Å². The predicted molar refractivity (Wildman–Crippen MR) is 94.9 cm³/mol. The maximum absolute atomic E-state index is 12.3. The molecule has 0 aliphatic carbocycles. The quantitative estimate of drug-likeness (QED) is 0.755. The molecule has 1 amide bonds. The highest BCUT2D eigenvalue weighted by Crippen LogP contribution is 2.16. The van der Waals surface area contributed by atoms with E-state index in [9.17, 15) is 9.59 Å². The first-order valence-electron chi connectivity index (χ1n) is 8.71. The number of amides is 1. The molecule has 1 unspecified atom stereocenters. The molecule has 1 atom stereocenters. The Morgan fingerprint density at radius 2 is 2.19 bits per heavy atom. The van der Waals surface area contributed by atoms with Crippen LogP contribution >= 0.6 is 0 Å². The number of benzene rings is 1. The highest BCUT2D eigenvalue weighted by molar-refractivity contribution is 5.91. The number of anilines is 1. The molecule has 0 saturated carbocycles. The van der Waals surface area contributed by atoms with Crippen molar-refractivity contribution in [2.45, 2.75) is 38.5 Å². The van der Waals surface area contributed by atoms with E-state index in [2.05, 4.69) is 10.4 Å². The minimum Gasteiger partial charge on any atom is -0.408 e. The molecule has 8 heteroatoms. The van der Waals surface area contributed by atoms with Crippen LogP contribution in [0.5, 0.6) is 0 Å². The summed E-state index contributed by atoms with van der Waals surface area (Å²) in [7, 11) is 0. The second kappa shape index (κ2) is 7.17. The molecule has 2 aromatic heterocycles. The molecule has 4 rings (SSSR count). The van der Waals surface area contributed by atoms with Crippen molar-refractivity contribution in [2.24, 2.45) is 0 Å². The number of carbonyl (C=O) groups is 1. The Morgan fingerprint density at radius 3 is 3.04 bits per heavy atom. The fourth-order valence-corrected chi connectivity index (χ4v) is 3.20. The van der Waals surface area contributed by atoms with Gasteiger partial charge in [-0.05, 0) is 31.4 Å². The van der Waals surface area contributed by atoms with Crippen LogP contribution in [0.1, 0.15) is 19.3 Å².